The average molecular weight is 324 g/mol. The van der Waals surface area contributed by atoms with Crippen molar-refractivity contribution in [3.8, 4) is 0 Å². The predicted molar refractivity (Wildman–Crippen MR) is 87.6 cm³/mol. The van der Waals surface area contributed by atoms with E-state index in [9.17, 15) is 9.59 Å². The van der Waals surface area contributed by atoms with Gasteiger partial charge in [0.2, 0.25) is 5.91 Å². The summed E-state index contributed by atoms with van der Waals surface area (Å²) in [7, 11) is 0. The van der Waals surface area contributed by atoms with Gasteiger partial charge >= 0.3 is 6.03 Å². The predicted octanol–water partition coefficient (Wildman–Crippen LogP) is 1.23. The second kappa shape index (κ2) is 8.87. The summed E-state index contributed by atoms with van der Waals surface area (Å²) in [6.07, 6.45) is 2.25. The van der Waals surface area contributed by atoms with Crippen LogP contribution in [0.2, 0.25) is 0 Å². The monoisotopic (exact) mass is 324 g/mol. The number of carbonyl (C=O) groups is 2. The van der Waals surface area contributed by atoms with E-state index >= 15 is 0 Å². The van der Waals surface area contributed by atoms with Crippen molar-refractivity contribution in [3.63, 3.8) is 0 Å². The Balaban J connectivity index is 1.65. The number of rotatable bonds is 6. The molecule has 2 heterocycles. The molecule has 1 aliphatic heterocycles. The lowest BCUT2D eigenvalue weighted by molar-refractivity contribution is -0.120. The van der Waals surface area contributed by atoms with E-state index < -0.39 is 6.03 Å². The van der Waals surface area contributed by atoms with Gasteiger partial charge in [-0.1, -0.05) is 6.07 Å². The van der Waals surface area contributed by atoms with Crippen LogP contribution in [0.15, 0.2) is 17.5 Å². The van der Waals surface area contributed by atoms with Crippen LogP contribution in [0.4, 0.5) is 4.79 Å². The molecule has 1 fully saturated rings. The Hall–Kier alpha value is -1.44. The van der Waals surface area contributed by atoms with Crippen LogP contribution in [0, 0.1) is 0 Å². The fourth-order valence-electron chi connectivity index (χ4n) is 2.69. The molecule has 0 unspecified atom stereocenters. The van der Waals surface area contributed by atoms with Crippen LogP contribution in [0.1, 0.15) is 24.1 Å². The molecule has 122 valence electrons. The van der Waals surface area contributed by atoms with Gasteiger partial charge in [-0.3, -0.25) is 15.0 Å². The van der Waals surface area contributed by atoms with Crippen molar-refractivity contribution < 1.29 is 9.59 Å². The second-order valence-electron chi connectivity index (χ2n) is 5.57. The minimum atomic E-state index is -0.774. The van der Waals surface area contributed by atoms with Crippen LogP contribution in [-0.2, 0) is 11.3 Å². The molecule has 0 aliphatic carbocycles. The summed E-state index contributed by atoms with van der Waals surface area (Å²) < 4.78 is 0. The van der Waals surface area contributed by atoms with Gasteiger partial charge < -0.3 is 10.6 Å². The van der Waals surface area contributed by atoms with E-state index in [4.69, 9.17) is 5.73 Å². The third-order valence-electron chi connectivity index (χ3n) is 3.78. The van der Waals surface area contributed by atoms with E-state index in [0.29, 0.717) is 6.42 Å². The molecule has 0 radical (unpaired) electrons. The van der Waals surface area contributed by atoms with Crippen molar-refractivity contribution in [1.82, 2.24) is 15.1 Å². The highest BCUT2D eigenvalue weighted by atomic mass is 32.1. The molecule has 1 aromatic rings. The number of nitrogens with one attached hydrogen (secondary N) is 1. The van der Waals surface area contributed by atoms with Crippen LogP contribution in [0.25, 0.3) is 0 Å². The molecule has 2 rings (SSSR count). The maximum absolute atomic E-state index is 11.4. The summed E-state index contributed by atoms with van der Waals surface area (Å²) in [5.74, 6) is -0.290. The largest absolute Gasteiger partial charge is 0.351 e. The van der Waals surface area contributed by atoms with E-state index in [1.807, 2.05) is 11.3 Å². The molecular weight excluding hydrogens is 300 g/mol. The highest BCUT2D eigenvalue weighted by molar-refractivity contribution is 7.09. The first-order valence-electron chi connectivity index (χ1n) is 7.70. The SMILES string of the molecule is NC(=O)NC(=O)CCCN1CCCN(Cc2cccs2)CC1. The second-order valence-corrected chi connectivity index (χ2v) is 6.60. The maximum atomic E-state index is 11.4. The lowest BCUT2D eigenvalue weighted by atomic mass is 10.2. The summed E-state index contributed by atoms with van der Waals surface area (Å²) in [5, 5.41) is 4.22. The van der Waals surface area contributed by atoms with Crippen molar-refractivity contribution in [2.75, 3.05) is 32.7 Å². The summed E-state index contributed by atoms with van der Waals surface area (Å²) >= 11 is 1.81. The summed E-state index contributed by atoms with van der Waals surface area (Å²) in [4.78, 5) is 28.2. The van der Waals surface area contributed by atoms with Gasteiger partial charge in [0, 0.05) is 30.9 Å². The number of amides is 3. The minimum Gasteiger partial charge on any atom is -0.351 e. The third-order valence-corrected chi connectivity index (χ3v) is 4.64. The number of nitrogens with zero attached hydrogens (tertiary/aromatic N) is 2. The van der Waals surface area contributed by atoms with Gasteiger partial charge in [-0.2, -0.15) is 0 Å². The van der Waals surface area contributed by atoms with E-state index in [1.165, 1.54) is 4.88 Å². The Morgan fingerprint density at radius 3 is 2.73 bits per heavy atom. The van der Waals surface area contributed by atoms with E-state index in [0.717, 1.165) is 52.1 Å². The Morgan fingerprint density at radius 2 is 2.00 bits per heavy atom. The number of thiophene rings is 1. The first-order valence-corrected chi connectivity index (χ1v) is 8.58. The molecule has 1 saturated heterocycles. The first-order chi connectivity index (χ1) is 10.6. The highest BCUT2D eigenvalue weighted by Gasteiger charge is 2.15. The first kappa shape index (κ1) is 16.9. The zero-order chi connectivity index (χ0) is 15.8. The maximum Gasteiger partial charge on any atom is 0.318 e. The lowest BCUT2D eigenvalue weighted by Gasteiger charge is -2.21. The number of nitrogens with two attached hydrogens (primary N) is 1. The Kier molecular flexibility index (Phi) is 6.82. The summed E-state index contributed by atoms with van der Waals surface area (Å²) in [6.45, 7) is 6.20. The Bertz CT molecular complexity index is 478. The Morgan fingerprint density at radius 1 is 1.23 bits per heavy atom. The van der Waals surface area contributed by atoms with E-state index in [2.05, 4.69) is 32.6 Å². The molecule has 0 atom stereocenters. The standard InChI is InChI=1S/C15H24N4O2S/c16-15(21)17-14(20)5-1-6-18-7-3-8-19(10-9-18)12-13-4-2-11-22-13/h2,4,11H,1,3,5-10,12H2,(H3,16,17,20,21). The van der Waals surface area contributed by atoms with Crippen molar-refractivity contribution in [1.29, 1.82) is 0 Å². The molecule has 7 heteroatoms. The highest BCUT2D eigenvalue weighted by Crippen LogP contribution is 2.13. The van der Waals surface area contributed by atoms with E-state index in [-0.39, 0.29) is 5.91 Å². The molecule has 6 nitrogen and oxygen atoms in total. The minimum absolute atomic E-state index is 0.290. The Labute approximate surface area is 135 Å². The molecular formula is C15H24N4O2S. The fraction of sp³-hybridized carbons (Fsp3) is 0.600. The normalized spacial score (nSPS) is 17.1. The number of urea groups is 1. The van der Waals surface area contributed by atoms with Gasteiger partial charge in [-0.15, -0.1) is 11.3 Å². The van der Waals surface area contributed by atoms with Gasteiger partial charge in [-0.25, -0.2) is 4.79 Å². The van der Waals surface area contributed by atoms with Crippen molar-refractivity contribution in [3.05, 3.63) is 22.4 Å². The molecule has 3 N–H and O–H groups in total. The molecule has 0 saturated carbocycles. The smallest absolute Gasteiger partial charge is 0.318 e. The zero-order valence-electron chi connectivity index (χ0n) is 12.8. The summed E-state index contributed by atoms with van der Waals surface area (Å²) in [5.41, 5.74) is 4.91. The van der Waals surface area contributed by atoms with Crippen LogP contribution in [0.3, 0.4) is 0 Å². The van der Waals surface area contributed by atoms with Crippen LogP contribution in [0.5, 0.6) is 0 Å². The van der Waals surface area contributed by atoms with Crippen molar-refractivity contribution in [2.45, 2.75) is 25.8 Å². The molecule has 1 aliphatic rings. The van der Waals surface area contributed by atoms with Crippen LogP contribution >= 0.6 is 11.3 Å². The van der Waals surface area contributed by atoms with Gasteiger partial charge in [-0.05, 0) is 43.9 Å². The fourth-order valence-corrected chi connectivity index (χ4v) is 3.44. The molecule has 0 bridgehead atoms. The van der Waals surface area contributed by atoms with Crippen LogP contribution < -0.4 is 11.1 Å². The van der Waals surface area contributed by atoms with Gasteiger partial charge in [0.15, 0.2) is 0 Å². The van der Waals surface area contributed by atoms with Gasteiger partial charge in [0.05, 0.1) is 0 Å². The van der Waals surface area contributed by atoms with E-state index in [1.54, 1.807) is 0 Å². The topological polar surface area (TPSA) is 78.7 Å². The molecule has 22 heavy (non-hydrogen) atoms. The quantitative estimate of drug-likeness (QED) is 0.825. The summed E-state index contributed by atoms with van der Waals surface area (Å²) in [6, 6.07) is 3.51. The number of carbonyl (C=O) groups excluding carboxylic acids is 2. The molecule has 3 amide bonds. The number of hydrogen-bond acceptors (Lipinski definition) is 5. The third kappa shape index (κ3) is 6.13. The molecule has 0 spiro atoms. The molecule has 0 aromatic carbocycles. The zero-order valence-corrected chi connectivity index (χ0v) is 13.6. The van der Waals surface area contributed by atoms with Crippen LogP contribution in [-0.4, -0.2) is 54.5 Å². The van der Waals surface area contributed by atoms with Crippen molar-refractivity contribution in [2.24, 2.45) is 5.73 Å². The number of primary amides is 1. The van der Waals surface area contributed by atoms with Gasteiger partial charge in [0.25, 0.3) is 0 Å². The number of hydrogen-bond donors (Lipinski definition) is 2. The van der Waals surface area contributed by atoms with Crippen molar-refractivity contribution >= 4 is 23.3 Å². The lowest BCUT2D eigenvalue weighted by Crippen LogP contribution is -2.36. The number of imide groups is 1. The average Bonchev–Trinajstić information content (AvgIpc) is 2.86. The molecule has 1 aromatic heterocycles. The van der Waals surface area contributed by atoms with Gasteiger partial charge in [0.1, 0.15) is 0 Å².